The van der Waals surface area contributed by atoms with Crippen LogP contribution in [0.25, 0.3) is 0 Å². The van der Waals surface area contributed by atoms with E-state index in [0.717, 1.165) is 18.9 Å². The molecule has 1 saturated carbocycles. The minimum Gasteiger partial charge on any atom is -0.388 e. The number of hydrogen-bond acceptors (Lipinski definition) is 2. The molecule has 112 valence electrons. The summed E-state index contributed by atoms with van der Waals surface area (Å²) in [6, 6.07) is 5.38. The van der Waals surface area contributed by atoms with E-state index < -0.39 is 17.3 Å². The summed E-state index contributed by atoms with van der Waals surface area (Å²) >= 11 is 0. The average Bonchev–Trinajstić information content (AvgIpc) is 2.40. The summed E-state index contributed by atoms with van der Waals surface area (Å²) in [5.74, 6) is 0.581. The van der Waals surface area contributed by atoms with E-state index in [-0.39, 0.29) is 12.2 Å². The molecule has 0 aliphatic heterocycles. The van der Waals surface area contributed by atoms with Crippen LogP contribution in [-0.2, 0) is 6.18 Å². The lowest BCUT2D eigenvalue weighted by Crippen LogP contribution is -2.40. The minimum atomic E-state index is -4.38. The van der Waals surface area contributed by atoms with Crippen LogP contribution in [0.3, 0.4) is 0 Å². The lowest BCUT2D eigenvalue weighted by molar-refractivity contribution is -0.137. The number of para-hydroxylation sites is 1. The van der Waals surface area contributed by atoms with Gasteiger partial charge in [0.2, 0.25) is 0 Å². The van der Waals surface area contributed by atoms with Crippen LogP contribution in [-0.4, -0.2) is 17.3 Å². The van der Waals surface area contributed by atoms with Gasteiger partial charge in [-0.2, -0.15) is 13.2 Å². The quantitative estimate of drug-likeness (QED) is 0.878. The summed E-state index contributed by atoms with van der Waals surface area (Å²) in [4.78, 5) is 0. The number of alkyl halides is 3. The van der Waals surface area contributed by atoms with Gasteiger partial charge in [-0.1, -0.05) is 19.1 Å². The van der Waals surface area contributed by atoms with Crippen molar-refractivity contribution < 1.29 is 18.3 Å². The number of benzene rings is 1. The molecule has 0 heterocycles. The molecule has 0 spiro atoms. The van der Waals surface area contributed by atoms with E-state index in [4.69, 9.17) is 0 Å². The topological polar surface area (TPSA) is 32.3 Å². The summed E-state index contributed by atoms with van der Waals surface area (Å²) in [5, 5.41) is 13.2. The van der Waals surface area contributed by atoms with Gasteiger partial charge in [0.05, 0.1) is 11.2 Å². The molecule has 1 fully saturated rings. The largest absolute Gasteiger partial charge is 0.418 e. The highest BCUT2D eigenvalue weighted by Crippen LogP contribution is 2.36. The highest BCUT2D eigenvalue weighted by molar-refractivity contribution is 5.52. The highest BCUT2D eigenvalue weighted by Gasteiger charge is 2.35. The molecule has 0 unspecified atom stereocenters. The van der Waals surface area contributed by atoms with Gasteiger partial charge in [0.15, 0.2) is 0 Å². The molecule has 2 nitrogen and oxygen atoms in total. The molecule has 0 saturated heterocycles. The Morgan fingerprint density at radius 2 is 1.85 bits per heavy atom. The first kappa shape index (κ1) is 15.2. The van der Waals surface area contributed by atoms with Crippen LogP contribution in [0.5, 0.6) is 0 Å². The van der Waals surface area contributed by atoms with Crippen molar-refractivity contribution >= 4 is 5.69 Å². The molecule has 1 aliphatic carbocycles. The maximum Gasteiger partial charge on any atom is 0.418 e. The van der Waals surface area contributed by atoms with Crippen molar-refractivity contribution in [1.82, 2.24) is 0 Å². The van der Waals surface area contributed by atoms with E-state index in [0.29, 0.717) is 18.8 Å². The van der Waals surface area contributed by atoms with Gasteiger partial charge in [0.25, 0.3) is 0 Å². The average molecular weight is 287 g/mol. The number of hydrogen-bond donors (Lipinski definition) is 2. The van der Waals surface area contributed by atoms with Crippen molar-refractivity contribution in [2.75, 3.05) is 11.9 Å². The zero-order chi connectivity index (χ0) is 14.8. The van der Waals surface area contributed by atoms with Crippen molar-refractivity contribution in [3.8, 4) is 0 Å². The van der Waals surface area contributed by atoms with Gasteiger partial charge in [-0.3, -0.25) is 0 Å². The van der Waals surface area contributed by atoms with Gasteiger partial charge in [0, 0.05) is 12.2 Å². The number of anilines is 1. The first-order valence-electron chi connectivity index (χ1n) is 6.93. The predicted molar refractivity (Wildman–Crippen MR) is 72.5 cm³/mol. The summed E-state index contributed by atoms with van der Waals surface area (Å²) in [6.07, 6.45) is -1.28. The first-order valence-corrected chi connectivity index (χ1v) is 6.93. The number of nitrogens with one attached hydrogen (secondary N) is 1. The van der Waals surface area contributed by atoms with E-state index in [1.807, 2.05) is 0 Å². The Bertz CT molecular complexity index is 451. The fourth-order valence-electron chi connectivity index (χ4n) is 2.62. The van der Waals surface area contributed by atoms with Crippen LogP contribution in [0.1, 0.15) is 38.2 Å². The molecular weight excluding hydrogens is 267 g/mol. The molecule has 0 aromatic heterocycles. The summed E-state index contributed by atoms with van der Waals surface area (Å²) in [5.41, 5.74) is -1.55. The van der Waals surface area contributed by atoms with Gasteiger partial charge in [0.1, 0.15) is 0 Å². The number of rotatable bonds is 3. The lowest BCUT2D eigenvalue weighted by Gasteiger charge is -2.35. The monoisotopic (exact) mass is 287 g/mol. The molecule has 0 amide bonds. The summed E-state index contributed by atoms with van der Waals surface area (Å²) in [7, 11) is 0. The molecule has 2 rings (SSSR count). The third-order valence-electron chi connectivity index (χ3n) is 4.05. The maximum absolute atomic E-state index is 12.9. The van der Waals surface area contributed by atoms with Crippen LogP contribution in [0, 0.1) is 5.92 Å². The van der Waals surface area contributed by atoms with Crippen LogP contribution in [0.15, 0.2) is 24.3 Å². The van der Waals surface area contributed by atoms with Crippen molar-refractivity contribution in [2.24, 2.45) is 5.92 Å². The normalized spacial score (nSPS) is 27.4. The smallest absolute Gasteiger partial charge is 0.388 e. The Kier molecular flexibility index (Phi) is 4.28. The van der Waals surface area contributed by atoms with Gasteiger partial charge < -0.3 is 10.4 Å². The Balaban J connectivity index is 2.04. The fourth-order valence-corrected chi connectivity index (χ4v) is 2.62. The zero-order valence-corrected chi connectivity index (χ0v) is 11.5. The number of halogens is 3. The van der Waals surface area contributed by atoms with Crippen LogP contribution in [0.2, 0.25) is 0 Å². The molecular formula is C15H20F3NO. The lowest BCUT2D eigenvalue weighted by atomic mass is 9.79. The van der Waals surface area contributed by atoms with Crippen LogP contribution in [0.4, 0.5) is 18.9 Å². The SMILES string of the molecule is CC1CCC(O)(CNc2ccccc2C(F)(F)F)CC1. The van der Waals surface area contributed by atoms with Gasteiger partial charge >= 0.3 is 6.18 Å². The van der Waals surface area contributed by atoms with Crippen molar-refractivity contribution in [3.63, 3.8) is 0 Å². The standard InChI is InChI=1S/C15H20F3NO/c1-11-6-8-14(20,9-7-11)10-19-13-5-3-2-4-12(13)15(16,17)18/h2-5,11,19-20H,6-10H2,1H3. The molecule has 1 aromatic carbocycles. The first-order chi connectivity index (χ1) is 9.30. The fraction of sp³-hybridized carbons (Fsp3) is 0.600. The van der Waals surface area contributed by atoms with Crippen molar-refractivity contribution in [3.05, 3.63) is 29.8 Å². The number of aliphatic hydroxyl groups is 1. The van der Waals surface area contributed by atoms with Gasteiger partial charge in [-0.25, -0.2) is 0 Å². The summed E-state index contributed by atoms with van der Waals surface area (Å²) in [6.45, 7) is 2.29. The third-order valence-corrected chi connectivity index (χ3v) is 4.05. The second-order valence-corrected chi connectivity index (χ2v) is 5.80. The zero-order valence-electron chi connectivity index (χ0n) is 11.5. The second-order valence-electron chi connectivity index (χ2n) is 5.80. The van der Waals surface area contributed by atoms with Crippen LogP contribution >= 0.6 is 0 Å². The second kappa shape index (κ2) is 5.64. The van der Waals surface area contributed by atoms with Crippen LogP contribution < -0.4 is 5.32 Å². The Labute approximate surface area is 117 Å². The molecule has 0 radical (unpaired) electrons. The third kappa shape index (κ3) is 3.66. The van der Waals surface area contributed by atoms with E-state index in [1.54, 1.807) is 6.07 Å². The Hall–Kier alpha value is -1.23. The summed E-state index contributed by atoms with van der Waals surface area (Å²) < 4.78 is 38.6. The predicted octanol–water partition coefficient (Wildman–Crippen LogP) is 4.06. The van der Waals surface area contributed by atoms with Crippen molar-refractivity contribution in [2.45, 2.75) is 44.4 Å². The molecule has 0 bridgehead atoms. The molecule has 5 heteroatoms. The molecule has 1 aromatic rings. The van der Waals surface area contributed by atoms with E-state index in [9.17, 15) is 18.3 Å². The molecule has 1 aliphatic rings. The van der Waals surface area contributed by atoms with Gasteiger partial charge in [-0.15, -0.1) is 0 Å². The molecule has 2 N–H and O–H groups in total. The van der Waals surface area contributed by atoms with E-state index in [1.165, 1.54) is 12.1 Å². The Morgan fingerprint density at radius 3 is 2.45 bits per heavy atom. The molecule has 0 atom stereocenters. The Morgan fingerprint density at radius 1 is 1.25 bits per heavy atom. The molecule has 20 heavy (non-hydrogen) atoms. The van der Waals surface area contributed by atoms with E-state index in [2.05, 4.69) is 12.2 Å². The minimum absolute atomic E-state index is 0.0343. The van der Waals surface area contributed by atoms with Gasteiger partial charge in [-0.05, 0) is 43.7 Å². The van der Waals surface area contributed by atoms with Crippen molar-refractivity contribution in [1.29, 1.82) is 0 Å². The van der Waals surface area contributed by atoms with E-state index >= 15 is 0 Å². The maximum atomic E-state index is 12.9. The highest BCUT2D eigenvalue weighted by atomic mass is 19.4.